The van der Waals surface area contributed by atoms with Crippen molar-refractivity contribution in [3.8, 4) is 6.07 Å². The number of hydrogen-bond acceptors (Lipinski definition) is 4. The molecule has 1 heterocycles. The number of aromatic nitrogens is 1. The molecule has 128 valence electrons. The van der Waals surface area contributed by atoms with Gasteiger partial charge in [-0.05, 0) is 36.4 Å². The van der Waals surface area contributed by atoms with Crippen molar-refractivity contribution in [1.82, 2.24) is 4.98 Å². The fourth-order valence-corrected chi connectivity index (χ4v) is 2.61. The molecule has 2 N–H and O–H groups in total. The molecule has 0 aliphatic heterocycles. The van der Waals surface area contributed by atoms with E-state index >= 15 is 0 Å². The van der Waals surface area contributed by atoms with E-state index in [9.17, 15) is 4.79 Å². The Hall–Kier alpha value is -3.07. The quantitative estimate of drug-likeness (QED) is 0.645. The highest BCUT2D eigenvalue weighted by Crippen LogP contribution is 2.30. The molecule has 5 nitrogen and oxygen atoms in total. The Bertz CT molecular complexity index is 1010. The van der Waals surface area contributed by atoms with Crippen molar-refractivity contribution in [3.05, 3.63) is 82.1 Å². The monoisotopic (exact) mass is 382 g/mol. The lowest BCUT2D eigenvalue weighted by Gasteiger charge is -2.10. The maximum Gasteiger partial charge on any atom is 0.257 e. The molecule has 1 amide bonds. The molecule has 7 heteroatoms. The molecule has 1 aromatic heterocycles. The van der Waals surface area contributed by atoms with Crippen LogP contribution in [0.4, 0.5) is 17.1 Å². The van der Waals surface area contributed by atoms with E-state index in [1.54, 1.807) is 48.7 Å². The highest BCUT2D eigenvalue weighted by Gasteiger charge is 2.11. The predicted molar refractivity (Wildman–Crippen MR) is 103 cm³/mol. The van der Waals surface area contributed by atoms with Crippen LogP contribution in [-0.4, -0.2) is 10.9 Å². The zero-order valence-electron chi connectivity index (χ0n) is 13.3. The molecule has 0 atom stereocenters. The predicted octanol–water partition coefficient (Wildman–Crippen LogP) is 5.26. The number of pyridine rings is 1. The minimum absolute atomic E-state index is 0.276. The number of benzene rings is 2. The number of rotatable bonds is 4. The van der Waals surface area contributed by atoms with E-state index < -0.39 is 0 Å². The lowest BCUT2D eigenvalue weighted by atomic mass is 10.2. The first kappa shape index (κ1) is 17.7. The summed E-state index contributed by atoms with van der Waals surface area (Å²) < 4.78 is 0. The molecule has 0 saturated carbocycles. The molecule has 0 saturated heterocycles. The normalized spacial score (nSPS) is 10.0. The van der Waals surface area contributed by atoms with Crippen molar-refractivity contribution in [1.29, 1.82) is 5.26 Å². The minimum atomic E-state index is -0.365. The number of halogens is 2. The van der Waals surface area contributed by atoms with E-state index in [0.29, 0.717) is 27.5 Å². The van der Waals surface area contributed by atoms with Crippen molar-refractivity contribution in [3.63, 3.8) is 0 Å². The van der Waals surface area contributed by atoms with Gasteiger partial charge in [-0.2, -0.15) is 5.26 Å². The molecule has 0 aliphatic carbocycles. The first-order valence-electron chi connectivity index (χ1n) is 7.54. The molecule has 3 rings (SSSR count). The van der Waals surface area contributed by atoms with Crippen LogP contribution in [0.5, 0.6) is 0 Å². The zero-order valence-corrected chi connectivity index (χ0v) is 14.8. The Labute approximate surface area is 160 Å². The highest BCUT2D eigenvalue weighted by atomic mass is 35.5. The third kappa shape index (κ3) is 4.12. The maximum atomic E-state index is 12.5. The van der Waals surface area contributed by atoms with Crippen molar-refractivity contribution < 1.29 is 4.79 Å². The summed E-state index contributed by atoms with van der Waals surface area (Å²) in [6.45, 7) is 0. The number of nitriles is 1. The van der Waals surface area contributed by atoms with Crippen LogP contribution in [0, 0.1) is 11.3 Å². The standard InChI is InChI=1S/C19H12Cl2N4O/c20-16-5-2-6-17(18(16)21)25-19(26)13-8-15(11-23-10-13)24-14-4-1-3-12(7-14)9-22/h1-8,10-11,24H,(H,25,26). The van der Waals surface area contributed by atoms with Crippen LogP contribution in [0.1, 0.15) is 15.9 Å². The van der Waals surface area contributed by atoms with E-state index in [1.807, 2.05) is 6.07 Å². The number of carbonyl (C=O) groups is 1. The third-order valence-electron chi connectivity index (χ3n) is 3.48. The maximum absolute atomic E-state index is 12.5. The average Bonchev–Trinajstić information content (AvgIpc) is 2.66. The first-order valence-corrected chi connectivity index (χ1v) is 8.30. The smallest absolute Gasteiger partial charge is 0.257 e. The van der Waals surface area contributed by atoms with Gasteiger partial charge < -0.3 is 10.6 Å². The van der Waals surface area contributed by atoms with Gasteiger partial charge in [-0.3, -0.25) is 9.78 Å². The van der Waals surface area contributed by atoms with Gasteiger partial charge in [0.1, 0.15) is 0 Å². The number of hydrogen-bond donors (Lipinski definition) is 2. The summed E-state index contributed by atoms with van der Waals surface area (Å²) in [5, 5.41) is 15.4. The largest absolute Gasteiger partial charge is 0.354 e. The summed E-state index contributed by atoms with van der Waals surface area (Å²) in [7, 11) is 0. The lowest BCUT2D eigenvalue weighted by molar-refractivity contribution is 0.102. The van der Waals surface area contributed by atoms with E-state index in [2.05, 4.69) is 21.7 Å². The van der Waals surface area contributed by atoms with Crippen LogP contribution >= 0.6 is 23.2 Å². The second-order valence-corrected chi connectivity index (χ2v) is 6.12. The number of nitrogens with zero attached hydrogens (tertiary/aromatic N) is 2. The van der Waals surface area contributed by atoms with Crippen molar-refractivity contribution in [2.24, 2.45) is 0 Å². The van der Waals surface area contributed by atoms with Crippen LogP contribution in [0.15, 0.2) is 60.9 Å². The molecule has 2 aromatic carbocycles. The molecule has 0 fully saturated rings. The Morgan fingerprint density at radius 1 is 1.04 bits per heavy atom. The fourth-order valence-electron chi connectivity index (χ4n) is 2.26. The third-order valence-corrected chi connectivity index (χ3v) is 4.30. The molecule has 0 bridgehead atoms. The number of amides is 1. The Balaban J connectivity index is 1.79. The van der Waals surface area contributed by atoms with E-state index in [-0.39, 0.29) is 10.9 Å². The van der Waals surface area contributed by atoms with Gasteiger partial charge in [0, 0.05) is 11.9 Å². The highest BCUT2D eigenvalue weighted by molar-refractivity contribution is 6.44. The second-order valence-electron chi connectivity index (χ2n) is 5.34. The van der Waals surface area contributed by atoms with E-state index in [4.69, 9.17) is 28.5 Å². The zero-order chi connectivity index (χ0) is 18.5. The Morgan fingerprint density at radius 2 is 1.85 bits per heavy atom. The van der Waals surface area contributed by atoms with Crippen LogP contribution in [0.3, 0.4) is 0 Å². The molecule has 0 radical (unpaired) electrons. The molecule has 26 heavy (non-hydrogen) atoms. The molecule has 0 spiro atoms. The summed E-state index contributed by atoms with van der Waals surface area (Å²) in [5.74, 6) is -0.365. The molecular formula is C19H12Cl2N4O. The van der Waals surface area contributed by atoms with Gasteiger partial charge >= 0.3 is 0 Å². The minimum Gasteiger partial charge on any atom is -0.354 e. The Kier molecular flexibility index (Phi) is 5.37. The van der Waals surface area contributed by atoms with Crippen molar-refractivity contribution in [2.75, 3.05) is 10.6 Å². The van der Waals surface area contributed by atoms with Gasteiger partial charge in [0.2, 0.25) is 0 Å². The number of nitrogens with one attached hydrogen (secondary N) is 2. The summed E-state index contributed by atoms with van der Waals surface area (Å²) in [4.78, 5) is 16.5. The topological polar surface area (TPSA) is 77.8 Å². The van der Waals surface area contributed by atoms with E-state index in [0.717, 1.165) is 5.69 Å². The van der Waals surface area contributed by atoms with E-state index in [1.165, 1.54) is 6.20 Å². The second kappa shape index (κ2) is 7.87. The molecular weight excluding hydrogens is 371 g/mol. The summed E-state index contributed by atoms with van der Waals surface area (Å²) >= 11 is 12.0. The molecule has 0 unspecified atom stereocenters. The SMILES string of the molecule is N#Cc1cccc(Nc2cncc(C(=O)Nc3cccc(Cl)c3Cl)c2)c1. The lowest BCUT2D eigenvalue weighted by Crippen LogP contribution is -2.13. The average molecular weight is 383 g/mol. The van der Waals surface area contributed by atoms with Gasteiger partial charge in [0.15, 0.2) is 0 Å². The van der Waals surface area contributed by atoms with Gasteiger partial charge in [0.05, 0.1) is 44.8 Å². The fraction of sp³-hybridized carbons (Fsp3) is 0. The van der Waals surface area contributed by atoms with Crippen LogP contribution < -0.4 is 10.6 Å². The molecule has 3 aromatic rings. The van der Waals surface area contributed by atoms with Crippen LogP contribution in [0.2, 0.25) is 10.0 Å². The summed E-state index contributed by atoms with van der Waals surface area (Å²) in [6, 6.07) is 15.7. The number of anilines is 3. The molecule has 0 aliphatic rings. The van der Waals surface area contributed by atoms with Gasteiger partial charge in [0.25, 0.3) is 5.91 Å². The van der Waals surface area contributed by atoms with Crippen molar-refractivity contribution >= 4 is 46.2 Å². The van der Waals surface area contributed by atoms with Crippen molar-refractivity contribution in [2.45, 2.75) is 0 Å². The summed E-state index contributed by atoms with van der Waals surface area (Å²) in [5.41, 5.74) is 2.64. The van der Waals surface area contributed by atoms with Crippen LogP contribution in [-0.2, 0) is 0 Å². The van der Waals surface area contributed by atoms with Gasteiger partial charge in [-0.25, -0.2) is 0 Å². The Morgan fingerprint density at radius 3 is 2.65 bits per heavy atom. The van der Waals surface area contributed by atoms with Gasteiger partial charge in [-0.15, -0.1) is 0 Å². The number of carbonyl (C=O) groups excluding carboxylic acids is 1. The van der Waals surface area contributed by atoms with Gasteiger partial charge in [-0.1, -0.05) is 35.3 Å². The van der Waals surface area contributed by atoms with Crippen LogP contribution in [0.25, 0.3) is 0 Å². The summed E-state index contributed by atoms with van der Waals surface area (Å²) in [6.07, 6.45) is 3.03. The first-order chi connectivity index (χ1) is 12.6.